The summed E-state index contributed by atoms with van der Waals surface area (Å²) in [6.07, 6.45) is 4.76. The topological polar surface area (TPSA) is 66.8 Å². The smallest absolute Gasteiger partial charge is 0.360 e. The molecule has 1 amide bonds. The number of carbonyl (C=O) groups excluding carboxylic acids is 1. The minimum atomic E-state index is -0.595. The molecule has 8 heteroatoms. The SMILES string of the molecule is C=C1NCC2CN(Cc3cn(Cc4ccc(F)cc4F)c4cnc(C(=O)[NH2+]C)cc34)CCC12. The Morgan fingerprint density at radius 2 is 2.12 bits per heavy atom. The Bertz CT molecular complexity index is 1240. The van der Waals surface area contributed by atoms with Gasteiger partial charge in [-0.25, -0.2) is 18.6 Å². The van der Waals surface area contributed by atoms with Crippen LogP contribution in [-0.4, -0.2) is 47.0 Å². The number of fused-ring (bicyclic) bond motifs is 2. The van der Waals surface area contributed by atoms with Crippen molar-refractivity contribution in [2.75, 3.05) is 26.7 Å². The number of carbonyl (C=O) groups is 1. The van der Waals surface area contributed by atoms with Crippen LogP contribution in [0.4, 0.5) is 8.78 Å². The van der Waals surface area contributed by atoms with Gasteiger partial charge in [-0.05, 0) is 36.6 Å². The van der Waals surface area contributed by atoms with E-state index in [1.807, 2.05) is 16.8 Å². The zero-order valence-electron chi connectivity index (χ0n) is 18.7. The monoisotopic (exact) mass is 452 g/mol. The average Bonchev–Trinajstić information content (AvgIpc) is 3.34. The lowest BCUT2D eigenvalue weighted by atomic mass is 9.87. The minimum Gasteiger partial charge on any atom is -0.388 e. The fourth-order valence-electron chi connectivity index (χ4n) is 5.19. The van der Waals surface area contributed by atoms with Gasteiger partial charge >= 0.3 is 5.91 Å². The third-order valence-corrected chi connectivity index (χ3v) is 6.97. The molecule has 4 heterocycles. The van der Waals surface area contributed by atoms with E-state index in [0.29, 0.717) is 23.1 Å². The van der Waals surface area contributed by atoms with E-state index in [-0.39, 0.29) is 12.5 Å². The lowest BCUT2D eigenvalue weighted by molar-refractivity contribution is -0.523. The van der Waals surface area contributed by atoms with E-state index >= 15 is 0 Å². The van der Waals surface area contributed by atoms with Crippen molar-refractivity contribution >= 4 is 16.8 Å². The number of nitrogens with two attached hydrogens (primary N) is 1. The van der Waals surface area contributed by atoms with E-state index in [4.69, 9.17) is 0 Å². The Kier molecular flexibility index (Phi) is 5.72. The van der Waals surface area contributed by atoms with Crippen LogP contribution >= 0.6 is 0 Å². The van der Waals surface area contributed by atoms with E-state index in [1.165, 1.54) is 17.4 Å². The molecule has 2 aromatic heterocycles. The number of quaternary nitrogens is 1. The van der Waals surface area contributed by atoms with Crippen LogP contribution in [0.1, 0.15) is 28.0 Å². The molecule has 0 spiro atoms. The maximum absolute atomic E-state index is 14.3. The minimum absolute atomic E-state index is 0.128. The molecule has 33 heavy (non-hydrogen) atoms. The zero-order chi connectivity index (χ0) is 23.1. The fourth-order valence-corrected chi connectivity index (χ4v) is 5.19. The van der Waals surface area contributed by atoms with E-state index in [1.54, 1.807) is 13.2 Å². The third-order valence-electron chi connectivity index (χ3n) is 6.97. The van der Waals surface area contributed by atoms with Crippen LogP contribution in [-0.2, 0) is 13.1 Å². The summed E-state index contributed by atoms with van der Waals surface area (Å²) in [6, 6.07) is 5.47. The Morgan fingerprint density at radius 1 is 1.27 bits per heavy atom. The van der Waals surface area contributed by atoms with Crippen LogP contribution in [0.15, 0.2) is 48.9 Å². The molecule has 0 bridgehead atoms. The van der Waals surface area contributed by atoms with Crippen LogP contribution in [0.5, 0.6) is 0 Å². The largest absolute Gasteiger partial charge is 0.388 e. The average molecular weight is 453 g/mol. The molecule has 2 atom stereocenters. The number of piperidine rings is 1. The van der Waals surface area contributed by atoms with Gasteiger partial charge in [0.2, 0.25) is 0 Å². The quantitative estimate of drug-likeness (QED) is 0.623. The van der Waals surface area contributed by atoms with Gasteiger partial charge in [0.15, 0.2) is 5.69 Å². The molecule has 2 aliphatic rings. The number of nitrogens with zero attached hydrogens (tertiary/aromatic N) is 3. The number of primary amides is 1. The van der Waals surface area contributed by atoms with Gasteiger partial charge in [-0.15, -0.1) is 0 Å². The van der Waals surface area contributed by atoms with Crippen molar-refractivity contribution in [3.8, 4) is 0 Å². The van der Waals surface area contributed by atoms with E-state index < -0.39 is 11.6 Å². The maximum Gasteiger partial charge on any atom is 0.360 e. The van der Waals surface area contributed by atoms with Gasteiger partial charge < -0.3 is 9.88 Å². The van der Waals surface area contributed by atoms with Crippen molar-refractivity contribution < 1.29 is 18.9 Å². The van der Waals surface area contributed by atoms with E-state index in [2.05, 4.69) is 21.8 Å². The number of nitrogens with one attached hydrogen (secondary N) is 1. The normalized spacial score (nSPS) is 20.8. The number of likely N-dealkylation sites (tertiary alicyclic amines) is 1. The summed E-state index contributed by atoms with van der Waals surface area (Å²) in [7, 11) is 1.70. The second-order valence-electron chi connectivity index (χ2n) is 9.05. The predicted octanol–water partition coefficient (Wildman–Crippen LogP) is 2.25. The van der Waals surface area contributed by atoms with Crippen LogP contribution in [0.2, 0.25) is 0 Å². The number of amides is 1. The summed E-state index contributed by atoms with van der Waals surface area (Å²) in [5, 5.41) is 5.85. The molecule has 0 saturated carbocycles. The fraction of sp³-hybridized carbons (Fsp3) is 0.360. The molecule has 172 valence electrons. The molecule has 2 fully saturated rings. The standard InChI is InChI=1S/C25H27F2N5O/c1-15-20-5-6-31(11-17(20)9-29-15)12-18-14-32(13-16-3-4-19(26)7-22(16)27)24-10-30-23(8-21(18)24)25(33)28-2/h3-4,7-8,10,14,17,20,29H,1,5-6,9,11-13H2,2H3,(H,28,33)/p+1. The van der Waals surface area contributed by atoms with Gasteiger partial charge in [-0.2, -0.15) is 0 Å². The van der Waals surface area contributed by atoms with Gasteiger partial charge in [0.25, 0.3) is 0 Å². The second kappa shape index (κ2) is 8.68. The molecule has 0 aliphatic carbocycles. The van der Waals surface area contributed by atoms with Crippen LogP contribution < -0.4 is 10.6 Å². The predicted molar refractivity (Wildman–Crippen MR) is 121 cm³/mol. The number of rotatable bonds is 5. The number of halogens is 2. The number of benzene rings is 1. The molecular weight excluding hydrogens is 424 g/mol. The first-order chi connectivity index (χ1) is 15.9. The molecule has 1 aromatic carbocycles. The van der Waals surface area contributed by atoms with Crippen molar-refractivity contribution in [2.45, 2.75) is 19.5 Å². The molecule has 6 nitrogen and oxygen atoms in total. The number of hydrogen-bond acceptors (Lipinski definition) is 4. The van der Waals surface area contributed by atoms with Gasteiger partial charge in [0, 0.05) is 54.5 Å². The highest BCUT2D eigenvalue weighted by Gasteiger charge is 2.35. The molecule has 2 aliphatic heterocycles. The Balaban J connectivity index is 1.48. The molecule has 5 rings (SSSR count). The van der Waals surface area contributed by atoms with Crippen molar-refractivity contribution in [3.05, 3.63) is 77.4 Å². The molecule has 2 unspecified atom stereocenters. The summed E-state index contributed by atoms with van der Waals surface area (Å²) in [6.45, 7) is 8.05. The van der Waals surface area contributed by atoms with Gasteiger partial charge in [0.05, 0.1) is 25.3 Å². The van der Waals surface area contributed by atoms with Crippen molar-refractivity contribution in [1.82, 2.24) is 19.8 Å². The highest BCUT2D eigenvalue weighted by Crippen LogP contribution is 2.34. The summed E-state index contributed by atoms with van der Waals surface area (Å²) in [5.74, 6) is -0.201. The number of allylic oxidation sites excluding steroid dienone is 1. The van der Waals surface area contributed by atoms with Crippen molar-refractivity contribution in [1.29, 1.82) is 0 Å². The lowest BCUT2D eigenvalue weighted by Crippen LogP contribution is -2.84. The van der Waals surface area contributed by atoms with Gasteiger partial charge in [-0.1, -0.05) is 12.6 Å². The Hall–Kier alpha value is -3.10. The van der Waals surface area contributed by atoms with Crippen molar-refractivity contribution in [3.63, 3.8) is 0 Å². The molecule has 3 aromatic rings. The summed E-state index contributed by atoms with van der Waals surface area (Å²) < 4.78 is 29.7. The van der Waals surface area contributed by atoms with Gasteiger partial charge in [-0.3, -0.25) is 10.2 Å². The van der Waals surface area contributed by atoms with Gasteiger partial charge in [0.1, 0.15) is 11.6 Å². The molecule has 0 radical (unpaired) electrons. The van der Waals surface area contributed by atoms with Crippen LogP contribution in [0.25, 0.3) is 10.9 Å². The first-order valence-corrected chi connectivity index (χ1v) is 11.3. The summed E-state index contributed by atoms with van der Waals surface area (Å²) in [4.78, 5) is 19.0. The highest BCUT2D eigenvalue weighted by molar-refractivity contribution is 5.92. The first kappa shape index (κ1) is 21.7. The second-order valence-corrected chi connectivity index (χ2v) is 9.05. The number of aromatic nitrogens is 2. The Labute approximate surface area is 191 Å². The first-order valence-electron chi connectivity index (χ1n) is 11.3. The van der Waals surface area contributed by atoms with Crippen molar-refractivity contribution in [2.24, 2.45) is 11.8 Å². The maximum atomic E-state index is 14.3. The third kappa shape index (κ3) is 4.16. The summed E-state index contributed by atoms with van der Waals surface area (Å²) in [5.41, 5.74) is 3.85. The van der Waals surface area contributed by atoms with E-state index in [9.17, 15) is 13.6 Å². The van der Waals surface area contributed by atoms with Crippen LogP contribution in [0.3, 0.4) is 0 Å². The highest BCUT2D eigenvalue weighted by atomic mass is 19.1. The van der Waals surface area contributed by atoms with E-state index in [0.717, 1.165) is 60.8 Å². The molecule has 2 saturated heterocycles. The number of hydrogen-bond donors (Lipinski definition) is 2. The Morgan fingerprint density at radius 3 is 2.91 bits per heavy atom. The van der Waals surface area contributed by atoms with Crippen LogP contribution in [0, 0.1) is 23.5 Å². The molecule has 3 N–H and O–H groups in total. The lowest BCUT2D eigenvalue weighted by Gasteiger charge is -2.34. The zero-order valence-corrected chi connectivity index (χ0v) is 18.7. The molecular formula is C25H28F2N5O+. The number of pyridine rings is 1. The summed E-state index contributed by atoms with van der Waals surface area (Å²) >= 11 is 0.